The van der Waals surface area contributed by atoms with Crippen LogP contribution in [0.1, 0.15) is 17.5 Å². The third-order valence-corrected chi connectivity index (χ3v) is 4.28. The topological polar surface area (TPSA) is 94.5 Å². The molecule has 29 heavy (non-hydrogen) atoms. The van der Waals surface area contributed by atoms with Crippen LogP contribution < -0.4 is 18.9 Å². The van der Waals surface area contributed by atoms with Gasteiger partial charge >= 0.3 is 0 Å². The lowest BCUT2D eigenvalue weighted by Crippen LogP contribution is -1.95. The van der Waals surface area contributed by atoms with Crippen LogP contribution in [0.5, 0.6) is 34.5 Å². The Kier molecular flexibility index (Phi) is 7.57. The molecule has 2 N–H and O–H groups in total. The lowest BCUT2D eigenvalue weighted by atomic mass is 10.0. The van der Waals surface area contributed by atoms with E-state index in [-0.39, 0.29) is 23.0 Å². The Bertz CT molecular complexity index is 890. The second-order valence-electron chi connectivity index (χ2n) is 6.11. The van der Waals surface area contributed by atoms with Gasteiger partial charge in [-0.2, -0.15) is 0 Å². The monoisotopic (exact) mass is 400 g/mol. The Morgan fingerprint density at radius 2 is 1.31 bits per heavy atom. The first-order valence-electron chi connectivity index (χ1n) is 8.75. The summed E-state index contributed by atoms with van der Waals surface area (Å²) in [5.41, 5.74) is 2.00. The van der Waals surface area contributed by atoms with E-state index in [4.69, 9.17) is 18.9 Å². The van der Waals surface area contributed by atoms with Crippen LogP contribution in [-0.4, -0.2) is 44.6 Å². The van der Waals surface area contributed by atoms with Gasteiger partial charge in [-0.1, -0.05) is 12.2 Å². The number of allylic oxidation sites excluding steroid dienone is 2. The normalized spacial score (nSPS) is 10.5. The van der Waals surface area contributed by atoms with Gasteiger partial charge in [0.2, 0.25) is 11.5 Å². The van der Waals surface area contributed by atoms with Crippen molar-refractivity contribution in [2.45, 2.75) is 12.8 Å². The smallest absolute Gasteiger partial charge is 0.200 e. The number of carbonyl (C=O) groups excluding carboxylic acids is 1. The molecule has 0 unspecified atom stereocenters. The Morgan fingerprint density at radius 3 is 1.72 bits per heavy atom. The van der Waals surface area contributed by atoms with Crippen molar-refractivity contribution >= 4 is 12.0 Å². The second-order valence-corrected chi connectivity index (χ2v) is 6.11. The third-order valence-electron chi connectivity index (χ3n) is 4.28. The van der Waals surface area contributed by atoms with Crippen LogP contribution in [0.25, 0.3) is 6.08 Å². The van der Waals surface area contributed by atoms with E-state index in [1.807, 2.05) is 5.94 Å². The molecule has 2 aromatic carbocycles. The average molecular weight is 400 g/mol. The molecule has 0 bridgehead atoms. The molecule has 0 amide bonds. The highest BCUT2D eigenvalue weighted by Crippen LogP contribution is 2.38. The summed E-state index contributed by atoms with van der Waals surface area (Å²) in [7, 11) is 5.79. The van der Waals surface area contributed by atoms with Crippen LogP contribution >= 0.6 is 0 Å². The molecule has 2 rings (SSSR count). The Morgan fingerprint density at radius 1 is 0.862 bits per heavy atom. The summed E-state index contributed by atoms with van der Waals surface area (Å²) in [6.07, 6.45) is 4.28. The van der Waals surface area contributed by atoms with Gasteiger partial charge in [-0.15, -0.1) is 0 Å². The molecule has 0 aromatic heterocycles. The Hall–Kier alpha value is -3.57. The zero-order valence-corrected chi connectivity index (χ0v) is 16.8. The highest BCUT2D eigenvalue weighted by molar-refractivity contribution is 5.63. The first-order valence-corrected chi connectivity index (χ1v) is 8.75. The van der Waals surface area contributed by atoms with Gasteiger partial charge in [-0.05, 0) is 41.8 Å². The van der Waals surface area contributed by atoms with E-state index < -0.39 is 0 Å². The van der Waals surface area contributed by atoms with Crippen LogP contribution in [-0.2, 0) is 11.2 Å². The van der Waals surface area contributed by atoms with Gasteiger partial charge in [-0.25, -0.2) is 4.79 Å². The molecule has 0 radical (unpaired) electrons. The van der Waals surface area contributed by atoms with Crippen molar-refractivity contribution in [3.63, 3.8) is 0 Å². The van der Waals surface area contributed by atoms with Gasteiger partial charge in [0.15, 0.2) is 23.0 Å². The van der Waals surface area contributed by atoms with Gasteiger partial charge in [0.25, 0.3) is 0 Å². The van der Waals surface area contributed by atoms with E-state index in [2.05, 4.69) is 0 Å². The molecule has 0 heterocycles. The maximum Gasteiger partial charge on any atom is 0.200 e. The van der Waals surface area contributed by atoms with Crippen molar-refractivity contribution in [3.05, 3.63) is 47.0 Å². The molecule has 2 aromatic rings. The molecule has 0 fully saturated rings. The maximum atomic E-state index is 11.4. The molecule has 0 aliphatic rings. The molecule has 0 saturated carbocycles. The van der Waals surface area contributed by atoms with Crippen LogP contribution in [0.2, 0.25) is 0 Å². The number of aromatic hydroxyl groups is 2. The van der Waals surface area contributed by atoms with Crippen LogP contribution in [0.3, 0.4) is 0 Å². The van der Waals surface area contributed by atoms with Crippen molar-refractivity contribution in [2.75, 3.05) is 28.4 Å². The minimum atomic E-state index is -0.0921. The lowest BCUT2D eigenvalue weighted by molar-refractivity contribution is 0.339. The highest BCUT2D eigenvalue weighted by Gasteiger charge is 2.13. The summed E-state index contributed by atoms with van der Waals surface area (Å²) >= 11 is 0. The van der Waals surface area contributed by atoms with E-state index >= 15 is 0 Å². The quantitative estimate of drug-likeness (QED) is 0.622. The summed E-state index contributed by atoms with van der Waals surface area (Å²) in [6.45, 7) is 0. The summed E-state index contributed by atoms with van der Waals surface area (Å²) in [4.78, 5) is 11.4. The number of phenolic OH excluding ortho intramolecular Hbond substituents is 2. The highest BCUT2D eigenvalue weighted by atomic mass is 16.5. The van der Waals surface area contributed by atoms with E-state index in [9.17, 15) is 15.0 Å². The van der Waals surface area contributed by atoms with E-state index in [1.165, 1.54) is 28.4 Å². The molecule has 154 valence electrons. The largest absolute Gasteiger partial charge is 0.502 e. The number of hydrogen-bond acceptors (Lipinski definition) is 7. The predicted molar refractivity (Wildman–Crippen MR) is 109 cm³/mol. The van der Waals surface area contributed by atoms with Crippen LogP contribution in [0.4, 0.5) is 0 Å². The van der Waals surface area contributed by atoms with Crippen molar-refractivity contribution in [3.8, 4) is 34.5 Å². The van der Waals surface area contributed by atoms with Gasteiger partial charge in [0, 0.05) is 12.0 Å². The molecule has 0 aliphatic carbocycles. The number of hydrogen-bond donors (Lipinski definition) is 2. The van der Waals surface area contributed by atoms with Crippen molar-refractivity contribution in [1.29, 1.82) is 0 Å². The standard InChI is InChI=1S/C22H24O7/c1-26-17-9-14(10-18(27-2)21(17)24)6-5-7-15(13-23)8-16-11-19(28-3)22(25)20(12-16)29-4/h5-6,9-12,24-25H,7-8H2,1-4H3. The first kappa shape index (κ1) is 21.7. The summed E-state index contributed by atoms with van der Waals surface area (Å²) < 4.78 is 20.5. The van der Waals surface area contributed by atoms with E-state index in [0.717, 1.165) is 11.1 Å². The third kappa shape index (κ3) is 5.24. The molecule has 0 aliphatic heterocycles. The van der Waals surface area contributed by atoms with Gasteiger partial charge < -0.3 is 29.2 Å². The van der Waals surface area contributed by atoms with Gasteiger partial charge in [0.05, 0.1) is 28.4 Å². The first-order chi connectivity index (χ1) is 14.0. The lowest BCUT2D eigenvalue weighted by Gasteiger charge is -2.11. The zero-order valence-electron chi connectivity index (χ0n) is 16.8. The average Bonchev–Trinajstić information content (AvgIpc) is 2.74. The van der Waals surface area contributed by atoms with Crippen LogP contribution in [0, 0.1) is 0 Å². The maximum absolute atomic E-state index is 11.4. The number of benzene rings is 2. The van der Waals surface area contributed by atoms with Crippen molar-refractivity contribution < 1.29 is 34.0 Å². The minimum Gasteiger partial charge on any atom is -0.502 e. The fraction of sp³-hybridized carbons (Fsp3) is 0.273. The predicted octanol–water partition coefficient (Wildman–Crippen LogP) is 3.54. The number of ether oxygens (including phenoxy) is 4. The van der Waals surface area contributed by atoms with Crippen molar-refractivity contribution in [1.82, 2.24) is 0 Å². The summed E-state index contributed by atoms with van der Waals surface area (Å²) in [5.74, 6) is 2.91. The minimum absolute atomic E-state index is 0.0733. The zero-order chi connectivity index (χ0) is 21.4. The molecular formula is C22H24O7. The molecule has 0 spiro atoms. The summed E-state index contributed by atoms with van der Waals surface area (Å²) in [6, 6.07) is 6.62. The van der Waals surface area contributed by atoms with E-state index in [1.54, 1.807) is 36.4 Å². The molecule has 0 saturated heterocycles. The van der Waals surface area contributed by atoms with E-state index in [0.29, 0.717) is 29.9 Å². The molecular weight excluding hydrogens is 376 g/mol. The Balaban J connectivity index is 2.17. The number of phenols is 2. The van der Waals surface area contributed by atoms with Gasteiger partial charge in [0.1, 0.15) is 5.94 Å². The molecule has 7 nitrogen and oxygen atoms in total. The fourth-order valence-electron chi connectivity index (χ4n) is 2.79. The van der Waals surface area contributed by atoms with Crippen LogP contribution in [0.15, 0.2) is 35.9 Å². The Labute approximate surface area is 169 Å². The SMILES string of the molecule is COc1cc(C=CCC(=C=O)Cc2cc(OC)c(O)c(OC)c2)cc(OC)c1O. The fourth-order valence-corrected chi connectivity index (χ4v) is 2.79. The van der Waals surface area contributed by atoms with Gasteiger partial charge in [-0.3, -0.25) is 0 Å². The summed E-state index contributed by atoms with van der Waals surface area (Å²) in [5, 5.41) is 20.0. The van der Waals surface area contributed by atoms with Crippen molar-refractivity contribution in [2.24, 2.45) is 0 Å². The number of methoxy groups -OCH3 is 4. The molecule has 7 heteroatoms. The number of rotatable bonds is 9. The molecule has 0 atom stereocenters. The second kappa shape index (κ2) is 10.1.